The molecule has 1 aromatic heterocycles. The molecule has 0 radical (unpaired) electrons. The molecule has 0 saturated carbocycles. The zero-order valence-electron chi connectivity index (χ0n) is 10.3. The lowest BCUT2D eigenvalue weighted by molar-refractivity contribution is 0.287. The molecule has 112 valence electrons. The molecule has 1 aromatic rings. The molecule has 1 fully saturated rings. The lowest BCUT2D eigenvalue weighted by Crippen LogP contribution is -2.43. The number of amidine groups is 1. The van der Waals surface area contributed by atoms with E-state index in [2.05, 4.69) is 21.1 Å². The predicted molar refractivity (Wildman–Crippen MR) is 81.9 cm³/mol. The maximum atomic E-state index is 12.5. The molecule has 6 nitrogen and oxygen atoms in total. The Kier molecular flexibility index (Phi) is 4.96. The third kappa shape index (κ3) is 3.11. The number of halogens is 2. The minimum Gasteiger partial charge on any atom is -0.409 e. The van der Waals surface area contributed by atoms with Gasteiger partial charge in [-0.25, -0.2) is 8.42 Å². The van der Waals surface area contributed by atoms with Crippen LogP contribution < -0.4 is 5.73 Å². The Bertz CT molecular complexity index is 612. The SMILES string of the molecule is NC(=NO)C1CCCN(S(=O)(=O)c2cc(Cl)c(Br)s2)C1. The van der Waals surface area contributed by atoms with Crippen LogP contribution in [0.25, 0.3) is 0 Å². The second-order valence-electron chi connectivity index (χ2n) is 4.41. The maximum Gasteiger partial charge on any atom is 0.252 e. The number of piperidine rings is 1. The Balaban J connectivity index is 2.25. The Morgan fingerprint density at radius 3 is 2.90 bits per heavy atom. The molecule has 1 unspecified atom stereocenters. The van der Waals surface area contributed by atoms with Gasteiger partial charge in [-0.1, -0.05) is 16.8 Å². The van der Waals surface area contributed by atoms with E-state index < -0.39 is 10.0 Å². The van der Waals surface area contributed by atoms with Crippen molar-refractivity contribution >= 4 is 54.7 Å². The zero-order chi connectivity index (χ0) is 14.9. The van der Waals surface area contributed by atoms with Crippen LogP contribution in [0.4, 0.5) is 0 Å². The number of thiophene rings is 1. The summed E-state index contributed by atoms with van der Waals surface area (Å²) in [6.07, 6.45) is 1.37. The minimum absolute atomic E-state index is 0.0651. The second-order valence-corrected chi connectivity index (χ2v) is 9.36. The van der Waals surface area contributed by atoms with E-state index in [-0.39, 0.29) is 22.5 Å². The lowest BCUT2D eigenvalue weighted by Gasteiger charge is -2.30. The smallest absolute Gasteiger partial charge is 0.252 e. The number of nitrogens with two attached hydrogens (primary N) is 1. The van der Waals surface area contributed by atoms with Crippen molar-refractivity contribution in [3.05, 3.63) is 14.9 Å². The van der Waals surface area contributed by atoms with Gasteiger partial charge < -0.3 is 10.9 Å². The first-order chi connectivity index (χ1) is 9.36. The number of hydrogen-bond acceptors (Lipinski definition) is 5. The number of oxime groups is 1. The molecule has 0 spiro atoms. The van der Waals surface area contributed by atoms with Gasteiger partial charge in [-0.05, 0) is 34.8 Å². The van der Waals surface area contributed by atoms with Crippen LogP contribution in [0.5, 0.6) is 0 Å². The topological polar surface area (TPSA) is 96.0 Å². The molecule has 1 atom stereocenters. The first-order valence-electron chi connectivity index (χ1n) is 5.78. The normalized spacial score (nSPS) is 22.1. The fourth-order valence-electron chi connectivity index (χ4n) is 2.06. The summed E-state index contributed by atoms with van der Waals surface area (Å²) in [5.74, 6) is -0.197. The number of rotatable bonds is 3. The molecule has 2 rings (SSSR count). The van der Waals surface area contributed by atoms with Crippen LogP contribution in [0.2, 0.25) is 5.02 Å². The Morgan fingerprint density at radius 2 is 2.35 bits per heavy atom. The van der Waals surface area contributed by atoms with E-state index in [4.69, 9.17) is 22.5 Å². The molecule has 20 heavy (non-hydrogen) atoms. The molecular weight excluding hydrogens is 390 g/mol. The first-order valence-corrected chi connectivity index (χ1v) is 9.21. The van der Waals surface area contributed by atoms with Crippen LogP contribution in [-0.2, 0) is 10.0 Å². The summed E-state index contributed by atoms with van der Waals surface area (Å²) in [4.78, 5) is 0. The van der Waals surface area contributed by atoms with Crippen LogP contribution in [0.3, 0.4) is 0 Å². The van der Waals surface area contributed by atoms with E-state index in [1.807, 2.05) is 0 Å². The lowest BCUT2D eigenvalue weighted by atomic mass is 9.99. The Morgan fingerprint density at radius 1 is 1.65 bits per heavy atom. The van der Waals surface area contributed by atoms with Crippen molar-refractivity contribution in [2.75, 3.05) is 13.1 Å². The van der Waals surface area contributed by atoms with Crippen LogP contribution >= 0.6 is 38.9 Å². The van der Waals surface area contributed by atoms with Crippen molar-refractivity contribution in [3.8, 4) is 0 Å². The van der Waals surface area contributed by atoms with Crippen molar-refractivity contribution in [2.24, 2.45) is 16.8 Å². The summed E-state index contributed by atoms with van der Waals surface area (Å²) >= 11 is 10.2. The van der Waals surface area contributed by atoms with E-state index in [1.54, 1.807) is 0 Å². The van der Waals surface area contributed by atoms with E-state index >= 15 is 0 Å². The van der Waals surface area contributed by atoms with Crippen molar-refractivity contribution < 1.29 is 13.6 Å². The average Bonchev–Trinajstić information content (AvgIpc) is 2.78. The summed E-state index contributed by atoms with van der Waals surface area (Å²) < 4.78 is 27.2. The molecular formula is C10H13BrClN3O3S2. The van der Waals surface area contributed by atoms with Gasteiger partial charge in [0, 0.05) is 19.0 Å². The number of sulfonamides is 1. The summed E-state index contributed by atoms with van der Waals surface area (Å²) in [6, 6.07) is 1.43. The molecule has 3 N–H and O–H groups in total. The fraction of sp³-hybridized carbons (Fsp3) is 0.500. The molecule has 2 heterocycles. The van der Waals surface area contributed by atoms with E-state index in [0.717, 1.165) is 11.3 Å². The number of hydrogen-bond donors (Lipinski definition) is 2. The van der Waals surface area contributed by atoms with Crippen LogP contribution in [-0.4, -0.2) is 36.9 Å². The van der Waals surface area contributed by atoms with Crippen molar-refractivity contribution in [3.63, 3.8) is 0 Å². The quantitative estimate of drug-likeness (QED) is 0.351. The van der Waals surface area contributed by atoms with Gasteiger partial charge >= 0.3 is 0 Å². The van der Waals surface area contributed by atoms with Crippen LogP contribution in [0, 0.1) is 5.92 Å². The highest BCUT2D eigenvalue weighted by Crippen LogP contribution is 2.36. The largest absolute Gasteiger partial charge is 0.409 e. The Labute approximate surface area is 134 Å². The number of nitrogens with zero attached hydrogens (tertiary/aromatic N) is 2. The first kappa shape index (κ1) is 16.0. The van der Waals surface area contributed by atoms with E-state index in [9.17, 15) is 8.42 Å². The molecule has 1 aliphatic heterocycles. The molecule has 10 heteroatoms. The van der Waals surface area contributed by atoms with Crippen molar-refractivity contribution in [2.45, 2.75) is 17.1 Å². The van der Waals surface area contributed by atoms with Crippen molar-refractivity contribution in [1.82, 2.24) is 4.31 Å². The van der Waals surface area contributed by atoms with E-state index in [0.29, 0.717) is 28.2 Å². The van der Waals surface area contributed by atoms with Gasteiger partial charge in [0.2, 0.25) is 0 Å². The molecule has 0 aromatic carbocycles. The van der Waals surface area contributed by atoms with E-state index in [1.165, 1.54) is 10.4 Å². The highest BCUT2D eigenvalue weighted by atomic mass is 79.9. The summed E-state index contributed by atoms with van der Waals surface area (Å²) in [7, 11) is -3.59. The van der Waals surface area contributed by atoms with Gasteiger partial charge in [-0.3, -0.25) is 0 Å². The van der Waals surface area contributed by atoms with Gasteiger partial charge in [-0.15, -0.1) is 11.3 Å². The molecule has 0 amide bonds. The van der Waals surface area contributed by atoms with Gasteiger partial charge in [0.25, 0.3) is 10.0 Å². The van der Waals surface area contributed by atoms with Gasteiger partial charge in [0.15, 0.2) is 0 Å². The zero-order valence-corrected chi connectivity index (χ0v) is 14.3. The maximum absolute atomic E-state index is 12.5. The second kappa shape index (κ2) is 6.18. The highest BCUT2D eigenvalue weighted by molar-refractivity contribution is 9.11. The summed E-state index contributed by atoms with van der Waals surface area (Å²) in [6.45, 7) is 0.635. The highest BCUT2D eigenvalue weighted by Gasteiger charge is 2.33. The van der Waals surface area contributed by atoms with Gasteiger partial charge in [-0.2, -0.15) is 4.31 Å². The van der Waals surface area contributed by atoms with Gasteiger partial charge in [0.05, 0.1) is 8.81 Å². The summed E-state index contributed by atoms with van der Waals surface area (Å²) in [5, 5.41) is 12.0. The third-order valence-corrected chi connectivity index (χ3v) is 7.92. The fourth-order valence-corrected chi connectivity index (χ4v) is 6.14. The minimum atomic E-state index is -3.59. The average molecular weight is 403 g/mol. The molecule has 1 aliphatic rings. The predicted octanol–water partition coefficient (Wildman–Crippen LogP) is 2.31. The summed E-state index contributed by atoms with van der Waals surface area (Å²) in [5.41, 5.74) is 5.57. The monoisotopic (exact) mass is 401 g/mol. The van der Waals surface area contributed by atoms with Crippen molar-refractivity contribution in [1.29, 1.82) is 0 Å². The van der Waals surface area contributed by atoms with Gasteiger partial charge in [0.1, 0.15) is 10.0 Å². The third-order valence-electron chi connectivity index (χ3n) is 3.13. The molecule has 1 saturated heterocycles. The standard InChI is InChI=1S/C10H13BrClN3O3S2/c11-9-7(12)4-8(19-9)20(17,18)15-3-1-2-6(5-15)10(13)14-16/h4,6,16H,1-3,5H2,(H2,13,14). The molecule has 0 bridgehead atoms. The molecule has 0 aliphatic carbocycles. The van der Waals surface area contributed by atoms with Crippen LogP contribution in [0.15, 0.2) is 19.2 Å². The Hall–Kier alpha value is -0.350. The van der Waals surface area contributed by atoms with Crippen LogP contribution in [0.1, 0.15) is 12.8 Å².